The normalized spacial score (nSPS) is 20.2. The predicted molar refractivity (Wildman–Crippen MR) is 118 cm³/mol. The molecule has 7 nitrogen and oxygen atoms in total. The Morgan fingerprint density at radius 1 is 1.10 bits per heavy atom. The lowest BCUT2D eigenvalue weighted by Crippen LogP contribution is -2.39. The molecular weight excluding hydrogens is 420 g/mol. The van der Waals surface area contributed by atoms with Crippen molar-refractivity contribution < 1.29 is 23.8 Å². The lowest BCUT2D eigenvalue weighted by molar-refractivity contribution is -0.137. The number of methoxy groups -OCH3 is 2. The standard InChI is InChI=1S/C23H29ClN2O5/c1-15-19(22(27)29-3)20(16-7-5-6-8-17(16)24)21(23(28)30-4)18(25(15)2)9-10-26-11-13-31-14-12-26/h5-8,20H,9-14H2,1-4H3. The molecule has 2 aliphatic heterocycles. The van der Waals surface area contributed by atoms with Gasteiger partial charge in [-0.2, -0.15) is 0 Å². The number of hydrogen-bond acceptors (Lipinski definition) is 7. The van der Waals surface area contributed by atoms with Gasteiger partial charge in [-0.3, -0.25) is 4.90 Å². The third-order valence-electron chi connectivity index (χ3n) is 5.98. The predicted octanol–water partition coefficient (Wildman–Crippen LogP) is 2.97. The average molecular weight is 449 g/mol. The number of benzene rings is 1. The third-order valence-corrected chi connectivity index (χ3v) is 6.33. The van der Waals surface area contributed by atoms with Gasteiger partial charge in [0, 0.05) is 49.5 Å². The lowest BCUT2D eigenvalue weighted by atomic mass is 9.79. The maximum Gasteiger partial charge on any atom is 0.336 e. The molecule has 1 unspecified atom stereocenters. The second-order valence-corrected chi connectivity index (χ2v) is 7.97. The summed E-state index contributed by atoms with van der Waals surface area (Å²) in [5.74, 6) is -1.66. The summed E-state index contributed by atoms with van der Waals surface area (Å²) in [6.45, 7) is 5.72. The third kappa shape index (κ3) is 4.79. The number of halogens is 1. The number of morpholine rings is 1. The van der Waals surface area contributed by atoms with E-state index in [1.165, 1.54) is 14.2 Å². The van der Waals surface area contributed by atoms with Gasteiger partial charge in [0.05, 0.1) is 44.5 Å². The molecule has 1 aromatic carbocycles. The first kappa shape index (κ1) is 23.3. The number of carbonyl (C=O) groups excluding carboxylic acids is 2. The molecule has 1 atom stereocenters. The number of esters is 2. The van der Waals surface area contributed by atoms with Crippen molar-refractivity contribution in [2.45, 2.75) is 19.3 Å². The van der Waals surface area contributed by atoms with E-state index in [0.29, 0.717) is 41.4 Å². The molecule has 8 heteroatoms. The molecule has 0 amide bonds. The van der Waals surface area contributed by atoms with E-state index < -0.39 is 17.9 Å². The van der Waals surface area contributed by atoms with Gasteiger partial charge >= 0.3 is 11.9 Å². The first-order valence-electron chi connectivity index (χ1n) is 10.3. The lowest BCUT2D eigenvalue weighted by Gasteiger charge is -2.38. The van der Waals surface area contributed by atoms with Crippen LogP contribution in [0.25, 0.3) is 0 Å². The van der Waals surface area contributed by atoms with Crippen molar-refractivity contribution in [1.82, 2.24) is 9.80 Å². The number of rotatable bonds is 6. The first-order chi connectivity index (χ1) is 14.9. The fraction of sp³-hybridized carbons (Fsp3) is 0.478. The zero-order valence-electron chi connectivity index (χ0n) is 18.4. The Hall–Kier alpha value is -2.35. The Labute approximate surface area is 188 Å². The largest absolute Gasteiger partial charge is 0.466 e. The van der Waals surface area contributed by atoms with Crippen molar-refractivity contribution in [3.63, 3.8) is 0 Å². The van der Waals surface area contributed by atoms with Crippen LogP contribution in [0.3, 0.4) is 0 Å². The second-order valence-electron chi connectivity index (χ2n) is 7.56. The fourth-order valence-corrected chi connectivity index (χ4v) is 4.46. The summed E-state index contributed by atoms with van der Waals surface area (Å²) < 4.78 is 15.7. The summed E-state index contributed by atoms with van der Waals surface area (Å²) in [6.07, 6.45) is 0.619. The molecule has 1 saturated heterocycles. The molecular formula is C23H29ClN2O5. The summed E-state index contributed by atoms with van der Waals surface area (Å²) >= 11 is 6.53. The van der Waals surface area contributed by atoms with Crippen molar-refractivity contribution in [2.75, 3.05) is 54.1 Å². The van der Waals surface area contributed by atoms with Gasteiger partial charge in [-0.25, -0.2) is 9.59 Å². The number of carbonyl (C=O) groups is 2. The van der Waals surface area contributed by atoms with Gasteiger partial charge in [0.1, 0.15) is 0 Å². The van der Waals surface area contributed by atoms with E-state index in [1.807, 2.05) is 37.1 Å². The number of allylic oxidation sites excluding steroid dienone is 1. The van der Waals surface area contributed by atoms with Crippen LogP contribution in [-0.2, 0) is 23.8 Å². The van der Waals surface area contributed by atoms with Crippen molar-refractivity contribution in [3.05, 3.63) is 57.4 Å². The zero-order valence-corrected chi connectivity index (χ0v) is 19.2. The van der Waals surface area contributed by atoms with E-state index in [1.54, 1.807) is 6.07 Å². The second kappa shape index (κ2) is 10.3. The fourth-order valence-electron chi connectivity index (χ4n) is 4.22. The summed E-state index contributed by atoms with van der Waals surface area (Å²) in [5.41, 5.74) is 3.00. The Balaban J connectivity index is 2.13. The van der Waals surface area contributed by atoms with Gasteiger partial charge in [-0.15, -0.1) is 0 Å². The molecule has 0 aromatic heterocycles. The van der Waals surface area contributed by atoms with Crippen molar-refractivity contribution in [3.8, 4) is 0 Å². The Morgan fingerprint density at radius 2 is 1.71 bits per heavy atom. The van der Waals surface area contributed by atoms with Crippen LogP contribution in [-0.4, -0.2) is 75.9 Å². The number of hydrogen-bond donors (Lipinski definition) is 0. The maximum atomic E-state index is 13.1. The van der Waals surface area contributed by atoms with E-state index in [0.717, 1.165) is 31.0 Å². The Bertz CT molecular complexity index is 905. The van der Waals surface area contributed by atoms with Crippen LogP contribution < -0.4 is 0 Å². The summed E-state index contributed by atoms with van der Waals surface area (Å²) in [4.78, 5) is 30.1. The molecule has 168 valence electrons. The van der Waals surface area contributed by atoms with Crippen LogP contribution in [0.15, 0.2) is 46.8 Å². The van der Waals surface area contributed by atoms with Crippen LogP contribution in [0.5, 0.6) is 0 Å². The minimum absolute atomic E-state index is 0.383. The van der Waals surface area contributed by atoms with E-state index in [9.17, 15) is 9.59 Å². The van der Waals surface area contributed by atoms with Crippen molar-refractivity contribution in [2.24, 2.45) is 0 Å². The van der Waals surface area contributed by atoms with Crippen molar-refractivity contribution in [1.29, 1.82) is 0 Å². The molecule has 1 fully saturated rings. The quantitative estimate of drug-likeness (QED) is 0.620. The van der Waals surface area contributed by atoms with Crippen LogP contribution >= 0.6 is 11.6 Å². The number of nitrogens with zero attached hydrogens (tertiary/aromatic N) is 2. The topological polar surface area (TPSA) is 68.3 Å². The monoisotopic (exact) mass is 448 g/mol. The summed E-state index contributed by atoms with van der Waals surface area (Å²) in [6, 6.07) is 7.24. The van der Waals surface area contributed by atoms with Crippen LogP contribution in [0.4, 0.5) is 0 Å². The van der Waals surface area contributed by atoms with Gasteiger partial charge in [0.2, 0.25) is 0 Å². The van der Waals surface area contributed by atoms with Gasteiger partial charge in [-0.1, -0.05) is 29.8 Å². The molecule has 3 rings (SSSR count). The minimum Gasteiger partial charge on any atom is -0.466 e. The van der Waals surface area contributed by atoms with Gasteiger partial charge in [0.25, 0.3) is 0 Å². The molecule has 0 aliphatic carbocycles. The average Bonchev–Trinajstić information content (AvgIpc) is 2.79. The molecule has 1 aromatic rings. The maximum absolute atomic E-state index is 13.1. The summed E-state index contributed by atoms with van der Waals surface area (Å²) in [5, 5.41) is 0.472. The van der Waals surface area contributed by atoms with Crippen LogP contribution in [0, 0.1) is 0 Å². The smallest absolute Gasteiger partial charge is 0.336 e. The van der Waals surface area contributed by atoms with Gasteiger partial charge in [-0.05, 0) is 18.6 Å². The van der Waals surface area contributed by atoms with Crippen LogP contribution in [0.1, 0.15) is 24.8 Å². The first-order valence-corrected chi connectivity index (χ1v) is 10.7. The molecule has 0 N–H and O–H groups in total. The van der Waals surface area contributed by atoms with Gasteiger partial charge in [0.15, 0.2) is 0 Å². The SMILES string of the molecule is COC(=O)C1=C(C)N(C)C(CCN2CCOCC2)=C(C(=O)OC)C1c1ccccc1Cl. The van der Waals surface area contributed by atoms with E-state index in [4.69, 9.17) is 25.8 Å². The summed E-state index contributed by atoms with van der Waals surface area (Å²) in [7, 11) is 4.54. The van der Waals surface area contributed by atoms with E-state index in [2.05, 4.69) is 4.90 Å². The molecule has 0 bridgehead atoms. The van der Waals surface area contributed by atoms with E-state index >= 15 is 0 Å². The number of ether oxygens (including phenoxy) is 3. The highest BCUT2D eigenvalue weighted by atomic mass is 35.5. The molecule has 31 heavy (non-hydrogen) atoms. The Morgan fingerprint density at radius 3 is 2.32 bits per heavy atom. The van der Waals surface area contributed by atoms with Gasteiger partial charge < -0.3 is 19.1 Å². The molecule has 0 spiro atoms. The highest BCUT2D eigenvalue weighted by Gasteiger charge is 2.41. The van der Waals surface area contributed by atoms with Crippen molar-refractivity contribution >= 4 is 23.5 Å². The minimum atomic E-state index is -0.676. The molecule has 2 aliphatic rings. The molecule has 0 saturated carbocycles. The highest BCUT2D eigenvalue weighted by molar-refractivity contribution is 6.31. The van der Waals surface area contributed by atoms with E-state index in [-0.39, 0.29) is 0 Å². The molecule has 0 radical (unpaired) electrons. The zero-order chi connectivity index (χ0) is 22.5. The Kier molecular flexibility index (Phi) is 7.75. The van der Waals surface area contributed by atoms with Crippen LogP contribution in [0.2, 0.25) is 5.02 Å². The highest BCUT2D eigenvalue weighted by Crippen LogP contribution is 2.45. The molecule has 2 heterocycles.